The molecule has 4 rings (SSSR count). The Morgan fingerprint density at radius 2 is 1.68 bits per heavy atom. The zero-order valence-electron chi connectivity index (χ0n) is 20.2. The van der Waals surface area contributed by atoms with E-state index in [0.29, 0.717) is 12.1 Å². The monoisotopic (exact) mass is 571 g/mol. The topological polar surface area (TPSA) is 135 Å². The van der Waals surface area contributed by atoms with Gasteiger partial charge in [0.1, 0.15) is 10.9 Å². The first-order valence-corrected chi connectivity index (χ1v) is 14.7. The molecule has 1 amide bonds. The van der Waals surface area contributed by atoms with E-state index in [-0.39, 0.29) is 12.1 Å². The predicted octanol–water partition coefficient (Wildman–Crippen LogP) is 4.52. The number of thiophene rings is 1. The molecule has 0 spiro atoms. The van der Waals surface area contributed by atoms with E-state index in [0.717, 1.165) is 21.0 Å². The Labute approximate surface area is 228 Å². The van der Waals surface area contributed by atoms with Gasteiger partial charge >= 0.3 is 16.3 Å². The van der Waals surface area contributed by atoms with Crippen molar-refractivity contribution in [1.82, 2.24) is 10.3 Å². The Morgan fingerprint density at radius 1 is 0.974 bits per heavy atom. The number of methoxy groups -OCH3 is 1. The van der Waals surface area contributed by atoms with Crippen molar-refractivity contribution in [3.05, 3.63) is 94.3 Å². The number of anilines is 1. The van der Waals surface area contributed by atoms with Crippen LogP contribution in [-0.2, 0) is 37.5 Å². The SMILES string of the molecule is COC(=O)[C@@H](Cc1ccccc1)C(=O)N[C@@H](Cc1ccc(NS(=O)(=O)O)cc1)c1csc(-c2cccs2)n1. The second-order valence-electron chi connectivity index (χ2n) is 8.36. The van der Waals surface area contributed by atoms with Crippen LogP contribution in [0.2, 0.25) is 0 Å². The van der Waals surface area contributed by atoms with Crippen LogP contribution in [0.5, 0.6) is 0 Å². The van der Waals surface area contributed by atoms with E-state index in [1.807, 2.05) is 57.9 Å². The number of carbonyl (C=O) groups excluding carboxylic acids is 2. The molecule has 0 saturated heterocycles. The van der Waals surface area contributed by atoms with Crippen LogP contribution in [0.3, 0.4) is 0 Å². The summed E-state index contributed by atoms with van der Waals surface area (Å²) in [4.78, 5) is 31.8. The molecule has 198 valence electrons. The number of nitrogens with zero attached hydrogens (tertiary/aromatic N) is 1. The minimum absolute atomic E-state index is 0.180. The van der Waals surface area contributed by atoms with Crippen molar-refractivity contribution in [2.75, 3.05) is 11.8 Å². The summed E-state index contributed by atoms with van der Waals surface area (Å²) in [5, 5.41) is 7.63. The molecule has 0 radical (unpaired) electrons. The molecule has 4 aromatic rings. The quantitative estimate of drug-likeness (QED) is 0.137. The third kappa shape index (κ3) is 7.48. The van der Waals surface area contributed by atoms with Gasteiger partial charge in [0.15, 0.2) is 0 Å². The lowest BCUT2D eigenvalue weighted by molar-refractivity contribution is -0.150. The van der Waals surface area contributed by atoms with Gasteiger partial charge in [-0.25, -0.2) is 4.98 Å². The van der Waals surface area contributed by atoms with E-state index in [4.69, 9.17) is 14.3 Å². The van der Waals surface area contributed by atoms with Gasteiger partial charge in [-0.05, 0) is 47.5 Å². The maximum Gasteiger partial charge on any atom is 0.357 e. The first-order valence-electron chi connectivity index (χ1n) is 11.5. The van der Waals surface area contributed by atoms with Crippen LogP contribution in [0.15, 0.2) is 77.5 Å². The van der Waals surface area contributed by atoms with Gasteiger partial charge in [-0.2, -0.15) is 8.42 Å². The number of thiazole rings is 1. The average Bonchev–Trinajstić information content (AvgIpc) is 3.60. The average molecular weight is 572 g/mol. The van der Waals surface area contributed by atoms with E-state index in [1.165, 1.54) is 30.6 Å². The summed E-state index contributed by atoms with van der Waals surface area (Å²) in [5.74, 6) is -2.18. The van der Waals surface area contributed by atoms with Gasteiger partial charge in [0, 0.05) is 5.38 Å². The predicted molar refractivity (Wildman–Crippen MR) is 147 cm³/mol. The minimum Gasteiger partial charge on any atom is -0.468 e. The molecule has 12 heteroatoms. The van der Waals surface area contributed by atoms with Gasteiger partial charge in [0.25, 0.3) is 0 Å². The zero-order chi connectivity index (χ0) is 27.1. The van der Waals surface area contributed by atoms with Crippen molar-refractivity contribution in [1.29, 1.82) is 0 Å². The largest absolute Gasteiger partial charge is 0.468 e. The Hall–Kier alpha value is -3.58. The maximum absolute atomic E-state index is 13.4. The lowest BCUT2D eigenvalue weighted by Gasteiger charge is -2.21. The molecule has 2 aromatic heterocycles. The van der Waals surface area contributed by atoms with Crippen LogP contribution in [0.25, 0.3) is 9.88 Å². The molecule has 2 heterocycles. The molecule has 0 bridgehead atoms. The fourth-order valence-electron chi connectivity index (χ4n) is 3.83. The van der Waals surface area contributed by atoms with Crippen LogP contribution in [-0.4, -0.2) is 36.9 Å². The number of rotatable bonds is 11. The van der Waals surface area contributed by atoms with Gasteiger partial charge in [-0.1, -0.05) is 48.5 Å². The summed E-state index contributed by atoms with van der Waals surface area (Å²) in [6, 6.07) is 18.9. The van der Waals surface area contributed by atoms with E-state index in [2.05, 4.69) is 5.32 Å². The second kappa shape index (κ2) is 12.3. The van der Waals surface area contributed by atoms with Gasteiger partial charge in [0.05, 0.1) is 29.4 Å². The molecule has 3 N–H and O–H groups in total. The lowest BCUT2D eigenvalue weighted by Crippen LogP contribution is -2.40. The minimum atomic E-state index is -4.40. The molecule has 0 unspecified atom stereocenters. The van der Waals surface area contributed by atoms with Crippen LogP contribution in [0.4, 0.5) is 5.69 Å². The van der Waals surface area contributed by atoms with Gasteiger partial charge < -0.3 is 10.1 Å². The summed E-state index contributed by atoms with van der Waals surface area (Å²) < 4.78 is 38.1. The molecule has 2 aromatic carbocycles. The van der Waals surface area contributed by atoms with Crippen molar-refractivity contribution in [3.8, 4) is 9.88 Å². The lowest BCUT2D eigenvalue weighted by atomic mass is 9.97. The van der Waals surface area contributed by atoms with E-state index < -0.39 is 34.1 Å². The number of amides is 1. The summed E-state index contributed by atoms with van der Waals surface area (Å²) in [6.45, 7) is 0. The zero-order valence-corrected chi connectivity index (χ0v) is 22.7. The van der Waals surface area contributed by atoms with E-state index in [1.54, 1.807) is 23.5 Å². The highest BCUT2D eigenvalue weighted by Gasteiger charge is 2.30. The molecule has 0 saturated carbocycles. The number of aromatic nitrogens is 1. The van der Waals surface area contributed by atoms with Gasteiger partial charge in [0.2, 0.25) is 5.91 Å². The van der Waals surface area contributed by atoms with E-state index in [9.17, 15) is 18.0 Å². The normalized spacial score (nSPS) is 12.9. The fraction of sp³-hybridized carbons (Fsp3) is 0.192. The van der Waals surface area contributed by atoms with Crippen molar-refractivity contribution in [3.63, 3.8) is 0 Å². The van der Waals surface area contributed by atoms with Crippen molar-refractivity contribution in [2.45, 2.75) is 18.9 Å². The standard InChI is InChI=1S/C26H25N3O6S3/c1-35-26(31)20(14-17-6-3-2-4-7-17)24(30)27-21(22-16-37-25(28-22)23-8-5-13-36-23)15-18-9-11-19(12-10-18)29-38(32,33)34/h2-13,16,20-21,29H,14-15H2,1H3,(H,27,30)(H,32,33,34)/t20-,21-/m0/s1. The van der Waals surface area contributed by atoms with Crippen molar-refractivity contribution < 1.29 is 27.3 Å². The summed E-state index contributed by atoms with van der Waals surface area (Å²) in [5.41, 5.74) is 2.43. The van der Waals surface area contributed by atoms with Crippen LogP contribution in [0, 0.1) is 5.92 Å². The summed E-state index contributed by atoms with van der Waals surface area (Å²) in [6.07, 6.45) is 0.504. The van der Waals surface area contributed by atoms with Crippen LogP contribution >= 0.6 is 22.7 Å². The number of nitrogens with one attached hydrogen (secondary N) is 2. The smallest absolute Gasteiger partial charge is 0.357 e. The molecular weight excluding hydrogens is 547 g/mol. The molecule has 0 aliphatic rings. The maximum atomic E-state index is 13.4. The molecular formula is C26H25N3O6S3. The highest BCUT2D eigenvalue weighted by Crippen LogP contribution is 2.31. The number of esters is 1. The number of hydrogen-bond acceptors (Lipinski definition) is 8. The van der Waals surface area contributed by atoms with E-state index >= 15 is 0 Å². The molecule has 9 nitrogen and oxygen atoms in total. The van der Waals surface area contributed by atoms with Gasteiger partial charge in [-0.15, -0.1) is 22.7 Å². The first kappa shape index (κ1) is 27.5. The fourth-order valence-corrected chi connectivity index (χ4v) is 5.95. The highest BCUT2D eigenvalue weighted by molar-refractivity contribution is 7.87. The number of hydrogen-bond donors (Lipinski definition) is 3. The molecule has 2 atom stereocenters. The van der Waals surface area contributed by atoms with Crippen LogP contribution < -0.4 is 10.0 Å². The Bertz CT molecular complexity index is 1470. The highest BCUT2D eigenvalue weighted by atomic mass is 32.2. The molecule has 0 fully saturated rings. The van der Waals surface area contributed by atoms with Crippen molar-refractivity contribution >= 4 is 50.5 Å². The van der Waals surface area contributed by atoms with Crippen LogP contribution in [0.1, 0.15) is 22.9 Å². The molecule has 0 aliphatic carbocycles. The summed E-state index contributed by atoms with van der Waals surface area (Å²) >= 11 is 3.02. The Kier molecular flexibility index (Phi) is 8.89. The third-order valence-corrected chi connectivity index (χ3v) is 8.05. The second-order valence-corrected chi connectivity index (χ2v) is 11.3. The van der Waals surface area contributed by atoms with Gasteiger partial charge in [-0.3, -0.25) is 18.9 Å². The molecule has 0 aliphatic heterocycles. The Balaban J connectivity index is 1.59. The third-order valence-electron chi connectivity index (χ3n) is 5.65. The number of ether oxygens (including phenoxy) is 1. The Morgan fingerprint density at radius 3 is 2.32 bits per heavy atom. The first-order chi connectivity index (χ1) is 18.2. The molecule has 38 heavy (non-hydrogen) atoms. The number of carbonyl (C=O) groups is 2. The van der Waals surface area contributed by atoms with Crippen molar-refractivity contribution in [2.24, 2.45) is 5.92 Å². The number of benzene rings is 2. The summed E-state index contributed by atoms with van der Waals surface area (Å²) in [7, 11) is -3.14.